The van der Waals surface area contributed by atoms with Gasteiger partial charge in [-0.05, 0) is 48.9 Å². The molecule has 2 aromatic rings. The van der Waals surface area contributed by atoms with Gasteiger partial charge in [-0.25, -0.2) is 17.5 Å². The predicted octanol–water partition coefficient (Wildman–Crippen LogP) is 2.58. The van der Waals surface area contributed by atoms with Gasteiger partial charge in [0.15, 0.2) is 0 Å². The number of amides is 1. The Bertz CT molecular complexity index is 868. The summed E-state index contributed by atoms with van der Waals surface area (Å²) in [7, 11) is -0.519. The van der Waals surface area contributed by atoms with Crippen LogP contribution in [0.3, 0.4) is 0 Å². The first-order chi connectivity index (χ1) is 12.8. The monoisotopic (exact) mass is 394 g/mol. The van der Waals surface area contributed by atoms with Crippen molar-refractivity contribution >= 4 is 15.9 Å². The number of ether oxygens (including phenoxy) is 1. The number of methoxy groups -OCH3 is 1. The first kappa shape index (κ1) is 21.0. The van der Waals surface area contributed by atoms with Gasteiger partial charge in [0.1, 0.15) is 5.82 Å². The minimum atomic E-state index is -3.65. The van der Waals surface area contributed by atoms with E-state index in [0.29, 0.717) is 5.56 Å². The molecule has 27 heavy (non-hydrogen) atoms. The van der Waals surface area contributed by atoms with Crippen LogP contribution in [0.15, 0.2) is 53.4 Å². The topological polar surface area (TPSA) is 75.7 Å². The summed E-state index contributed by atoms with van der Waals surface area (Å²) in [6.07, 6.45) is 0. The third-order valence-electron chi connectivity index (χ3n) is 4.26. The molecule has 0 heterocycles. The maximum atomic E-state index is 13.1. The van der Waals surface area contributed by atoms with Crippen LogP contribution < -0.4 is 4.72 Å². The number of nitrogens with one attached hydrogen (secondary N) is 1. The molecule has 8 heteroatoms. The first-order valence-electron chi connectivity index (χ1n) is 8.37. The van der Waals surface area contributed by atoms with E-state index >= 15 is 0 Å². The summed E-state index contributed by atoms with van der Waals surface area (Å²) in [4.78, 5) is 14.3. The van der Waals surface area contributed by atoms with Gasteiger partial charge in [-0.3, -0.25) is 4.79 Å². The molecule has 2 aromatic carbocycles. The summed E-state index contributed by atoms with van der Waals surface area (Å²) >= 11 is 0. The van der Waals surface area contributed by atoms with E-state index in [1.807, 2.05) is 6.92 Å². The zero-order valence-corrected chi connectivity index (χ0v) is 16.3. The largest absolute Gasteiger partial charge is 0.383 e. The Hall–Kier alpha value is -2.29. The molecule has 0 spiro atoms. The van der Waals surface area contributed by atoms with E-state index in [9.17, 15) is 17.6 Å². The lowest BCUT2D eigenvalue weighted by Gasteiger charge is -2.25. The predicted molar refractivity (Wildman–Crippen MR) is 100 cm³/mol. The molecule has 1 amide bonds. The van der Waals surface area contributed by atoms with Gasteiger partial charge in [-0.2, -0.15) is 0 Å². The quantitative estimate of drug-likeness (QED) is 0.699. The minimum Gasteiger partial charge on any atom is -0.383 e. The maximum absolute atomic E-state index is 13.1. The second-order valence-electron chi connectivity index (χ2n) is 6.06. The van der Waals surface area contributed by atoms with Crippen molar-refractivity contribution in [3.8, 4) is 0 Å². The summed E-state index contributed by atoms with van der Waals surface area (Å²) in [5, 5.41) is 0. The molecule has 0 aliphatic heterocycles. The van der Waals surface area contributed by atoms with E-state index < -0.39 is 10.0 Å². The lowest BCUT2D eigenvalue weighted by molar-refractivity contribution is 0.0742. The van der Waals surface area contributed by atoms with Gasteiger partial charge in [-0.1, -0.05) is 12.1 Å². The third kappa shape index (κ3) is 5.35. The van der Waals surface area contributed by atoms with Crippen LogP contribution in [0, 0.1) is 5.82 Å². The second-order valence-corrected chi connectivity index (χ2v) is 7.83. The lowest BCUT2D eigenvalue weighted by atomic mass is 10.1. The Morgan fingerprint density at radius 2 is 1.74 bits per heavy atom. The number of rotatable bonds is 8. The van der Waals surface area contributed by atoms with Crippen molar-refractivity contribution in [2.75, 3.05) is 27.3 Å². The Morgan fingerprint density at radius 3 is 2.30 bits per heavy atom. The Labute approximate surface area is 159 Å². The molecule has 0 fully saturated rings. The van der Waals surface area contributed by atoms with E-state index in [1.54, 1.807) is 19.2 Å². The summed E-state index contributed by atoms with van der Waals surface area (Å²) in [6, 6.07) is 11.4. The highest BCUT2D eigenvalue weighted by Gasteiger charge is 2.20. The summed E-state index contributed by atoms with van der Waals surface area (Å²) < 4.78 is 44.6. The standard InChI is InChI=1S/C19H23FN2O4S/c1-14(15-4-8-17(20)9-5-15)22(2)19(23)16-6-10-18(11-7-16)27(24,25)21-12-13-26-3/h4-11,14,21H,12-13H2,1-3H3. The number of hydrogen-bond donors (Lipinski definition) is 1. The van der Waals surface area contributed by atoms with Crippen molar-refractivity contribution in [3.63, 3.8) is 0 Å². The zero-order chi connectivity index (χ0) is 20.0. The molecule has 2 rings (SSSR count). The van der Waals surface area contributed by atoms with Crippen molar-refractivity contribution in [3.05, 3.63) is 65.5 Å². The molecule has 0 aromatic heterocycles. The van der Waals surface area contributed by atoms with Gasteiger partial charge in [-0.15, -0.1) is 0 Å². The van der Waals surface area contributed by atoms with Crippen LogP contribution in [-0.4, -0.2) is 46.5 Å². The molecular formula is C19H23FN2O4S. The average Bonchev–Trinajstić information content (AvgIpc) is 2.67. The van der Waals surface area contributed by atoms with Crippen molar-refractivity contribution in [1.82, 2.24) is 9.62 Å². The van der Waals surface area contributed by atoms with Gasteiger partial charge < -0.3 is 9.64 Å². The fourth-order valence-electron chi connectivity index (χ4n) is 2.48. The van der Waals surface area contributed by atoms with Gasteiger partial charge in [0, 0.05) is 26.3 Å². The van der Waals surface area contributed by atoms with Gasteiger partial charge >= 0.3 is 0 Å². The van der Waals surface area contributed by atoms with Gasteiger partial charge in [0.05, 0.1) is 17.5 Å². The number of sulfonamides is 1. The molecule has 146 valence electrons. The number of hydrogen-bond acceptors (Lipinski definition) is 4. The molecule has 6 nitrogen and oxygen atoms in total. The fraction of sp³-hybridized carbons (Fsp3) is 0.316. The van der Waals surface area contributed by atoms with Crippen LogP contribution in [0.5, 0.6) is 0 Å². The number of nitrogens with zero attached hydrogens (tertiary/aromatic N) is 1. The molecule has 1 atom stereocenters. The Kier molecular flexibility index (Phi) is 7.06. The van der Waals surface area contributed by atoms with Crippen molar-refractivity contribution in [1.29, 1.82) is 0 Å². The molecule has 0 radical (unpaired) electrons. The van der Waals surface area contributed by atoms with E-state index in [-0.39, 0.29) is 35.8 Å². The summed E-state index contributed by atoms with van der Waals surface area (Å²) in [5.74, 6) is -0.598. The molecule has 1 N–H and O–H groups in total. The third-order valence-corrected chi connectivity index (χ3v) is 5.74. The highest BCUT2D eigenvalue weighted by molar-refractivity contribution is 7.89. The van der Waals surface area contributed by atoms with Crippen molar-refractivity contribution < 1.29 is 22.3 Å². The molecule has 0 bridgehead atoms. The summed E-state index contributed by atoms with van der Waals surface area (Å²) in [6.45, 7) is 2.27. The number of halogens is 1. The molecule has 0 aliphatic rings. The minimum absolute atomic E-state index is 0.0735. The number of carbonyl (C=O) groups excluding carboxylic acids is 1. The zero-order valence-electron chi connectivity index (χ0n) is 15.5. The van der Waals surface area contributed by atoms with Gasteiger partial charge in [0.25, 0.3) is 5.91 Å². The van der Waals surface area contributed by atoms with Gasteiger partial charge in [0.2, 0.25) is 10.0 Å². The average molecular weight is 394 g/mol. The smallest absolute Gasteiger partial charge is 0.254 e. The highest BCUT2D eigenvalue weighted by atomic mass is 32.2. The van der Waals surface area contributed by atoms with Crippen LogP contribution in [0.4, 0.5) is 4.39 Å². The maximum Gasteiger partial charge on any atom is 0.254 e. The molecule has 0 saturated carbocycles. The van der Waals surface area contributed by atoms with Crippen molar-refractivity contribution in [2.45, 2.75) is 17.9 Å². The van der Waals surface area contributed by atoms with E-state index in [1.165, 1.54) is 48.4 Å². The molecule has 0 saturated heterocycles. The first-order valence-corrected chi connectivity index (χ1v) is 9.86. The van der Waals surface area contributed by atoms with Crippen LogP contribution in [0.1, 0.15) is 28.9 Å². The Morgan fingerprint density at radius 1 is 1.15 bits per heavy atom. The van der Waals surface area contributed by atoms with E-state index in [4.69, 9.17) is 4.74 Å². The van der Waals surface area contributed by atoms with Crippen LogP contribution in [0.25, 0.3) is 0 Å². The van der Waals surface area contributed by atoms with Crippen molar-refractivity contribution in [2.24, 2.45) is 0 Å². The SMILES string of the molecule is COCCNS(=O)(=O)c1ccc(C(=O)N(C)C(C)c2ccc(F)cc2)cc1. The van der Waals surface area contributed by atoms with Crippen LogP contribution >= 0.6 is 0 Å². The fourth-order valence-corrected chi connectivity index (χ4v) is 3.50. The van der Waals surface area contributed by atoms with Crippen LogP contribution in [0.2, 0.25) is 0 Å². The lowest BCUT2D eigenvalue weighted by Crippen LogP contribution is -2.30. The highest BCUT2D eigenvalue weighted by Crippen LogP contribution is 2.21. The number of carbonyl (C=O) groups is 1. The number of benzene rings is 2. The van der Waals surface area contributed by atoms with Crippen LogP contribution in [-0.2, 0) is 14.8 Å². The summed E-state index contributed by atoms with van der Waals surface area (Å²) in [5.41, 5.74) is 1.16. The van der Waals surface area contributed by atoms with E-state index in [2.05, 4.69) is 4.72 Å². The normalized spacial score (nSPS) is 12.6. The molecule has 1 unspecified atom stereocenters. The Balaban J connectivity index is 2.11. The molecule has 0 aliphatic carbocycles. The second kappa shape index (κ2) is 9.07. The molecular weight excluding hydrogens is 371 g/mol. The van der Waals surface area contributed by atoms with E-state index in [0.717, 1.165) is 5.56 Å².